The Kier molecular flexibility index (Phi) is 2.19. The third kappa shape index (κ3) is 1.66. The summed E-state index contributed by atoms with van der Waals surface area (Å²) < 4.78 is 0. The number of carbonyl (C=O) groups is 2. The summed E-state index contributed by atoms with van der Waals surface area (Å²) in [6, 6.07) is 0. The molecule has 0 unspecified atom stereocenters. The molecule has 0 atom stereocenters. The SMILES string of the molecule is CC(=O)C(=CC(N)=O)C1=NC=C1. The normalized spacial score (nSPS) is 15.1. The molecule has 0 aliphatic carbocycles. The number of hydrogen-bond donors (Lipinski definition) is 1. The summed E-state index contributed by atoms with van der Waals surface area (Å²) in [6.07, 6.45) is 4.29. The first-order valence-corrected chi connectivity index (χ1v) is 3.38. The quantitative estimate of drug-likeness (QED) is 0.594. The van der Waals surface area contributed by atoms with E-state index < -0.39 is 5.91 Å². The van der Waals surface area contributed by atoms with Crippen LogP contribution in [0.1, 0.15) is 6.92 Å². The number of nitrogens with two attached hydrogens (primary N) is 1. The Bertz CT molecular complexity index is 324. The van der Waals surface area contributed by atoms with E-state index >= 15 is 0 Å². The highest BCUT2D eigenvalue weighted by Crippen LogP contribution is 2.08. The van der Waals surface area contributed by atoms with Gasteiger partial charge < -0.3 is 5.73 Å². The molecule has 62 valence electrons. The average Bonchev–Trinajstić information content (AvgIpc) is 1.80. The number of amides is 1. The number of hydrogen-bond acceptors (Lipinski definition) is 3. The predicted octanol–water partition coefficient (Wildman–Crippen LogP) is -0.0446. The van der Waals surface area contributed by atoms with Gasteiger partial charge >= 0.3 is 0 Å². The van der Waals surface area contributed by atoms with E-state index in [1.54, 1.807) is 12.3 Å². The lowest BCUT2D eigenvalue weighted by molar-refractivity contribution is -0.115. The molecule has 0 aromatic rings. The minimum absolute atomic E-state index is 0.211. The van der Waals surface area contributed by atoms with Crippen LogP contribution in [0.25, 0.3) is 0 Å². The molecule has 12 heavy (non-hydrogen) atoms. The fourth-order valence-electron chi connectivity index (χ4n) is 0.807. The van der Waals surface area contributed by atoms with Crippen LogP contribution in [-0.2, 0) is 9.59 Å². The Morgan fingerprint density at radius 1 is 1.58 bits per heavy atom. The number of primary amides is 1. The lowest BCUT2D eigenvalue weighted by atomic mass is 10.0. The maximum absolute atomic E-state index is 10.9. The van der Waals surface area contributed by atoms with Crippen molar-refractivity contribution < 1.29 is 9.59 Å². The van der Waals surface area contributed by atoms with Crippen molar-refractivity contribution in [1.82, 2.24) is 0 Å². The van der Waals surface area contributed by atoms with E-state index in [-0.39, 0.29) is 11.4 Å². The molecule has 0 aromatic carbocycles. The number of carbonyl (C=O) groups excluding carboxylic acids is 2. The van der Waals surface area contributed by atoms with Gasteiger partial charge in [-0.2, -0.15) is 0 Å². The Morgan fingerprint density at radius 2 is 2.17 bits per heavy atom. The molecule has 0 spiro atoms. The van der Waals surface area contributed by atoms with Gasteiger partial charge in [0.25, 0.3) is 0 Å². The van der Waals surface area contributed by atoms with Crippen molar-refractivity contribution in [2.75, 3.05) is 0 Å². The molecule has 1 rings (SSSR count). The highest BCUT2D eigenvalue weighted by Gasteiger charge is 2.13. The third-order valence-corrected chi connectivity index (χ3v) is 1.39. The molecule has 1 aliphatic heterocycles. The summed E-state index contributed by atoms with van der Waals surface area (Å²) >= 11 is 0. The van der Waals surface area contributed by atoms with E-state index in [1.165, 1.54) is 6.92 Å². The van der Waals surface area contributed by atoms with E-state index in [2.05, 4.69) is 4.99 Å². The van der Waals surface area contributed by atoms with Gasteiger partial charge in [-0.3, -0.25) is 14.6 Å². The van der Waals surface area contributed by atoms with Crippen molar-refractivity contribution in [2.24, 2.45) is 10.7 Å². The van der Waals surface area contributed by atoms with Gasteiger partial charge in [-0.15, -0.1) is 0 Å². The van der Waals surface area contributed by atoms with Crippen LogP contribution in [0.2, 0.25) is 0 Å². The molecule has 2 N–H and O–H groups in total. The lowest BCUT2D eigenvalue weighted by Crippen LogP contribution is -2.16. The van der Waals surface area contributed by atoms with Crippen LogP contribution in [-0.4, -0.2) is 17.4 Å². The zero-order chi connectivity index (χ0) is 9.14. The largest absolute Gasteiger partial charge is 0.366 e. The average molecular weight is 164 g/mol. The minimum Gasteiger partial charge on any atom is -0.366 e. The second kappa shape index (κ2) is 3.13. The van der Waals surface area contributed by atoms with Gasteiger partial charge in [-0.05, 0) is 13.0 Å². The smallest absolute Gasteiger partial charge is 0.242 e. The van der Waals surface area contributed by atoms with Crippen LogP contribution in [0.3, 0.4) is 0 Å². The molecule has 0 saturated heterocycles. The Labute approximate surface area is 69.5 Å². The highest BCUT2D eigenvalue weighted by atomic mass is 16.1. The van der Waals surface area contributed by atoms with Crippen molar-refractivity contribution in [3.63, 3.8) is 0 Å². The molecule has 0 aromatic heterocycles. The van der Waals surface area contributed by atoms with Crippen LogP contribution in [0, 0.1) is 0 Å². The van der Waals surface area contributed by atoms with Crippen molar-refractivity contribution >= 4 is 17.4 Å². The fraction of sp³-hybridized carbons (Fsp3) is 0.125. The molecule has 0 saturated carbocycles. The standard InChI is InChI=1S/C8H8N2O2/c1-5(11)6(4-8(9)12)7-2-3-10-7/h2-4H,1H3,(H2,9,12). The molecule has 0 fully saturated rings. The molecular weight excluding hydrogens is 156 g/mol. The van der Waals surface area contributed by atoms with Gasteiger partial charge in [0.1, 0.15) is 0 Å². The first-order chi connectivity index (χ1) is 5.61. The zero-order valence-corrected chi connectivity index (χ0v) is 6.57. The van der Waals surface area contributed by atoms with E-state index in [0.717, 1.165) is 6.08 Å². The molecule has 1 aliphatic rings. The van der Waals surface area contributed by atoms with Gasteiger partial charge in [0.05, 0.1) is 5.71 Å². The predicted molar refractivity (Wildman–Crippen MR) is 44.5 cm³/mol. The Hall–Kier alpha value is -1.71. The number of ketones is 1. The van der Waals surface area contributed by atoms with E-state index in [4.69, 9.17) is 5.73 Å². The molecule has 0 bridgehead atoms. The summed E-state index contributed by atoms with van der Waals surface area (Å²) in [5, 5.41) is 0. The van der Waals surface area contributed by atoms with Crippen molar-refractivity contribution in [1.29, 1.82) is 0 Å². The van der Waals surface area contributed by atoms with Crippen molar-refractivity contribution in [3.8, 4) is 0 Å². The molecule has 1 amide bonds. The molecule has 1 heterocycles. The fourth-order valence-corrected chi connectivity index (χ4v) is 0.807. The van der Waals surface area contributed by atoms with Gasteiger partial charge in [0.15, 0.2) is 5.78 Å². The van der Waals surface area contributed by atoms with Crippen LogP contribution in [0.15, 0.2) is 28.9 Å². The monoisotopic (exact) mass is 164 g/mol. The van der Waals surface area contributed by atoms with Crippen molar-refractivity contribution in [3.05, 3.63) is 23.9 Å². The first kappa shape index (κ1) is 8.39. The number of nitrogens with zero attached hydrogens (tertiary/aromatic N) is 1. The van der Waals surface area contributed by atoms with Gasteiger partial charge in [-0.25, -0.2) is 0 Å². The van der Waals surface area contributed by atoms with Crippen LogP contribution in [0.4, 0.5) is 0 Å². The molecule has 0 radical (unpaired) electrons. The maximum atomic E-state index is 10.9. The number of Topliss-reactive ketones (excluding diaryl/α,β-unsaturated/α-hetero) is 1. The Balaban J connectivity index is 2.89. The molecule has 4 heteroatoms. The lowest BCUT2D eigenvalue weighted by Gasteiger charge is -2.06. The van der Waals surface area contributed by atoms with Gasteiger partial charge in [0, 0.05) is 17.8 Å². The van der Waals surface area contributed by atoms with Gasteiger partial charge in [0.2, 0.25) is 5.91 Å². The van der Waals surface area contributed by atoms with Gasteiger partial charge in [-0.1, -0.05) is 0 Å². The van der Waals surface area contributed by atoms with E-state index in [9.17, 15) is 9.59 Å². The number of aliphatic imine (C=N–C) groups is 1. The second-order valence-corrected chi connectivity index (χ2v) is 2.35. The first-order valence-electron chi connectivity index (χ1n) is 3.38. The zero-order valence-electron chi connectivity index (χ0n) is 6.57. The topological polar surface area (TPSA) is 72.5 Å². The summed E-state index contributed by atoms with van der Waals surface area (Å²) in [5.41, 5.74) is 5.68. The molecular formula is C8H8N2O2. The van der Waals surface area contributed by atoms with Crippen molar-refractivity contribution in [2.45, 2.75) is 6.92 Å². The second-order valence-electron chi connectivity index (χ2n) is 2.35. The van der Waals surface area contributed by atoms with E-state index in [1.807, 2.05) is 0 Å². The number of allylic oxidation sites excluding steroid dienone is 2. The minimum atomic E-state index is -0.636. The Morgan fingerprint density at radius 3 is 2.42 bits per heavy atom. The molecule has 4 nitrogen and oxygen atoms in total. The number of rotatable bonds is 3. The van der Waals surface area contributed by atoms with Crippen LogP contribution in [0.5, 0.6) is 0 Å². The summed E-state index contributed by atoms with van der Waals surface area (Å²) in [7, 11) is 0. The van der Waals surface area contributed by atoms with Crippen LogP contribution >= 0.6 is 0 Å². The maximum Gasteiger partial charge on any atom is 0.242 e. The van der Waals surface area contributed by atoms with E-state index in [0.29, 0.717) is 5.71 Å². The summed E-state index contributed by atoms with van der Waals surface area (Å²) in [6.45, 7) is 1.36. The summed E-state index contributed by atoms with van der Waals surface area (Å²) in [5.74, 6) is -0.847. The third-order valence-electron chi connectivity index (χ3n) is 1.39. The summed E-state index contributed by atoms with van der Waals surface area (Å²) in [4.78, 5) is 25.2. The highest BCUT2D eigenvalue weighted by molar-refractivity contribution is 6.29. The van der Waals surface area contributed by atoms with Crippen LogP contribution < -0.4 is 5.73 Å².